The number of nitrogens with zero attached hydrogens (tertiary/aromatic N) is 1. The van der Waals surface area contributed by atoms with Gasteiger partial charge in [-0.1, -0.05) is 55.7 Å². The minimum atomic E-state index is -4.00. The first kappa shape index (κ1) is 25.7. The zero-order valence-corrected chi connectivity index (χ0v) is 21.5. The third-order valence-corrected chi connectivity index (χ3v) is 8.24. The monoisotopic (exact) mass is 508 g/mol. The Morgan fingerprint density at radius 2 is 1.64 bits per heavy atom. The van der Waals surface area contributed by atoms with Crippen molar-refractivity contribution in [3.8, 4) is 17.2 Å². The zero-order chi connectivity index (χ0) is 25.5. The largest absolute Gasteiger partial charge is 0.495 e. The van der Waals surface area contributed by atoms with E-state index in [-0.39, 0.29) is 23.2 Å². The van der Waals surface area contributed by atoms with Crippen LogP contribution >= 0.6 is 0 Å². The van der Waals surface area contributed by atoms with Gasteiger partial charge in [-0.15, -0.1) is 0 Å². The summed E-state index contributed by atoms with van der Waals surface area (Å²) in [6, 6.07) is 21.2. The van der Waals surface area contributed by atoms with Crippen LogP contribution in [0.25, 0.3) is 0 Å². The summed E-state index contributed by atoms with van der Waals surface area (Å²) in [4.78, 5) is 13.3. The Labute approximate surface area is 213 Å². The summed E-state index contributed by atoms with van der Waals surface area (Å²) in [6.07, 6.45) is 4.35. The van der Waals surface area contributed by atoms with E-state index in [2.05, 4.69) is 5.32 Å². The van der Waals surface area contributed by atoms with E-state index < -0.39 is 15.9 Å². The number of hydrogen-bond donors (Lipinski definition) is 1. The SMILES string of the molecule is COc1ccc(C)cc1S(=O)(=O)N(CC(=O)Nc1ccccc1Oc1ccccc1)C1CCCCC1. The maximum absolute atomic E-state index is 13.9. The van der Waals surface area contributed by atoms with E-state index in [0.29, 0.717) is 30.0 Å². The Kier molecular flexibility index (Phi) is 8.28. The second-order valence-corrected chi connectivity index (χ2v) is 10.8. The molecule has 1 amide bonds. The highest BCUT2D eigenvalue weighted by Gasteiger charge is 2.36. The molecule has 4 rings (SSSR count). The minimum absolute atomic E-state index is 0.0798. The number of nitrogens with one attached hydrogen (secondary N) is 1. The van der Waals surface area contributed by atoms with Crippen LogP contribution in [0.5, 0.6) is 17.2 Å². The van der Waals surface area contributed by atoms with Crippen LogP contribution in [0.2, 0.25) is 0 Å². The van der Waals surface area contributed by atoms with Gasteiger partial charge in [0, 0.05) is 6.04 Å². The Balaban J connectivity index is 1.60. The molecule has 8 heteroatoms. The van der Waals surface area contributed by atoms with Crippen molar-refractivity contribution in [2.45, 2.75) is 50.0 Å². The van der Waals surface area contributed by atoms with Gasteiger partial charge in [0.2, 0.25) is 15.9 Å². The molecular formula is C28H32N2O5S. The Bertz CT molecular complexity index is 1290. The van der Waals surface area contributed by atoms with E-state index in [1.807, 2.05) is 43.3 Å². The smallest absolute Gasteiger partial charge is 0.247 e. The van der Waals surface area contributed by atoms with Crippen LogP contribution in [0.15, 0.2) is 77.7 Å². The molecule has 190 valence electrons. The number of rotatable bonds is 9. The molecule has 0 saturated heterocycles. The van der Waals surface area contributed by atoms with E-state index in [1.54, 1.807) is 36.4 Å². The highest BCUT2D eigenvalue weighted by molar-refractivity contribution is 7.89. The van der Waals surface area contributed by atoms with Crippen molar-refractivity contribution in [2.75, 3.05) is 19.0 Å². The highest BCUT2D eigenvalue weighted by Crippen LogP contribution is 2.33. The van der Waals surface area contributed by atoms with Crippen molar-refractivity contribution in [1.82, 2.24) is 4.31 Å². The van der Waals surface area contributed by atoms with Crippen molar-refractivity contribution in [1.29, 1.82) is 0 Å². The fraction of sp³-hybridized carbons (Fsp3) is 0.321. The van der Waals surface area contributed by atoms with Gasteiger partial charge in [-0.25, -0.2) is 8.42 Å². The van der Waals surface area contributed by atoms with E-state index in [0.717, 1.165) is 24.8 Å². The number of methoxy groups -OCH3 is 1. The van der Waals surface area contributed by atoms with Gasteiger partial charge in [-0.2, -0.15) is 4.31 Å². The molecule has 0 aromatic heterocycles. The van der Waals surface area contributed by atoms with Crippen molar-refractivity contribution in [2.24, 2.45) is 0 Å². The lowest BCUT2D eigenvalue weighted by molar-refractivity contribution is -0.116. The van der Waals surface area contributed by atoms with Crippen LogP contribution < -0.4 is 14.8 Å². The lowest BCUT2D eigenvalue weighted by Gasteiger charge is -2.33. The van der Waals surface area contributed by atoms with E-state index >= 15 is 0 Å². The second-order valence-electron chi connectivity index (χ2n) is 8.96. The Morgan fingerprint density at radius 1 is 0.944 bits per heavy atom. The van der Waals surface area contributed by atoms with Gasteiger partial charge in [0.15, 0.2) is 5.75 Å². The van der Waals surface area contributed by atoms with Gasteiger partial charge in [-0.3, -0.25) is 4.79 Å². The molecule has 36 heavy (non-hydrogen) atoms. The number of hydrogen-bond acceptors (Lipinski definition) is 5. The van der Waals surface area contributed by atoms with Crippen molar-refractivity contribution >= 4 is 21.6 Å². The molecule has 1 aliphatic rings. The van der Waals surface area contributed by atoms with Crippen molar-refractivity contribution in [3.05, 3.63) is 78.4 Å². The average molecular weight is 509 g/mol. The molecule has 1 aliphatic carbocycles. The van der Waals surface area contributed by atoms with Gasteiger partial charge in [0.1, 0.15) is 16.4 Å². The lowest BCUT2D eigenvalue weighted by atomic mass is 9.95. The summed E-state index contributed by atoms with van der Waals surface area (Å²) in [5, 5.41) is 2.86. The van der Waals surface area contributed by atoms with E-state index in [1.165, 1.54) is 11.4 Å². The normalized spacial score (nSPS) is 14.4. The maximum atomic E-state index is 13.9. The molecule has 0 spiro atoms. The highest BCUT2D eigenvalue weighted by atomic mass is 32.2. The molecule has 0 radical (unpaired) electrons. The second kappa shape index (κ2) is 11.6. The van der Waals surface area contributed by atoms with Gasteiger partial charge >= 0.3 is 0 Å². The van der Waals surface area contributed by atoms with E-state index in [9.17, 15) is 13.2 Å². The van der Waals surface area contributed by atoms with Crippen LogP contribution in [-0.2, 0) is 14.8 Å². The average Bonchev–Trinajstić information content (AvgIpc) is 2.89. The molecule has 1 fully saturated rings. The number of carbonyl (C=O) groups excluding carboxylic acids is 1. The number of carbonyl (C=O) groups is 1. The zero-order valence-electron chi connectivity index (χ0n) is 20.6. The molecule has 0 heterocycles. The van der Waals surface area contributed by atoms with Crippen LogP contribution in [0.1, 0.15) is 37.7 Å². The lowest BCUT2D eigenvalue weighted by Crippen LogP contribution is -2.45. The number of ether oxygens (including phenoxy) is 2. The Hall–Kier alpha value is -3.36. The molecule has 1 N–H and O–H groups in total. The molecule has 7 nitrogen and oxygen atoms in total. The summed E-state index contributed by atoms with van der Waals surface area (Å²) < 4.78 is 40.5. The topological polar surface area (TPSA) is 84.9 Å². The van der Waals surface area contributed by atoms with Gasteiger partial charge in [-0.05, 0) is 61.7 Å². The number of amides is 1. The fourth-order valence-electron chi connectivity index (χ4n) is 4.50. The summed E-state index contributed by atoms with van der Waals surface area (Å²) in [7, 11) is -2.55. The predicted molar refractivity (Wildman–Crippen MR) is 140 cm³/mol. The molecule has 3 aromatic rings. The number of anilines is 1. The van der Waals surface area contributed by atoms with E-state index in [4.69, 9.17) is 9.47 Å². The number of aryl methyl sites for hydroxylation is 1. The van der Waals surface area contributed by atoms with Gasteiger partial charge in [0.05, 0.1) is 19.3 Å². The number of para-hydroxylation sites is 3. The minimum Gasteiger partial charge on any atom is -0.495 e. The van der Waals surface area contributed by atoms with Crippen molar-refractivity contribution in [3.63, 3.8) is 0 Å². The summed E-state index contributed by atoms with van der Waals surface area (Å²) in [5.41, 5.74) is 1.27. The molecule has 0 unspecified atom stereocenters. The first-order chi connectivity index (χ1) is 17.4. The van der Waals surface area contributed by atoms with Crippen LogP contribution in [0.4, 0.5) is 5.69 Å². The molecule has 1 saturated carbocycles. The number of benzene rings is 3. The third kappa shape index (κ3) is 6.06. The predicted octanol–water partition coefficient (Wildman–Crippen LogP) is 5.76. The standard InChI is InChI=1S/C28H32N2O5S/c1-21-17-18-26(34-2)27(19-21)36(32,33)30(22-11-5-3-6-12-22)20-28(31)29-24-15-9-10-16-25(24)35-23-13-7-4-8-14-23/h4,7-10,13-19,22H,3,5-6,11-12,20H2,1-2H3,(H,29,31). The van der Waals surface area contributed by atoms with Crippen LogP contribution in [0.3, 0.4) is 0 Å². The fourth-order valence-corrected chi connectivity index (χ4v) is 6.38. The molecule has 3 aromatic carbocycles. The first-order valence-corrected chi connectivity index (χ1v) is 13.6. The number of sulfonamides is 1. The quantitative estimate of drug-likeness (QED) is 0.397. The van der Waals surface area contributed by atoms with Crippen molar-refractivity contribution < 1.29 is 22.7 Å². The molecule has 0 bridgehead atoms. The summed E-state index contributed by atoms with van der Waals surface area (Å²) in [6.45, 7) is 1.53. The summed E-state index contributed by atoms with van der Waals surface area (Å²) >= 11 is 0. The Morgan fingerprint density at radius 3 is 2.36 bits per heavy atom. The molecular weight excluding hydrogens is 476 g/mol. The summed E-state index contributed by atoms with van der Waals surface area (Å²) in [5.74, 6) is 0.949. The first-order valence-electron chi connectivity index (χ1n) is 12.2. The van der Waals surface area contributed by atoms with Gasteiger partial charge < -0.3 is 14.8 Å². The maximum Gasteiger partial charge on any atom is 0.247 e. The molecule has 0 atom stereocenters. The third-order valence-electron chi connectivity index (χ3n) is 6.32. The van der Waals surface area contributed by atoms with Crippen LogP contribution in [0, 0.1) is 6.92 Å². The van der Waals surface area contributed by atoms with Crippen LogP contribution in [-0.4, -0.2) is 38.3 Å². The van der Waals surface area contributed by atoms with Gasteiger partial charge in [0.25, 0.3) is 0 Å². The molecule has 0 aliphatic heterocycles.